The van der Waals surface area contributed by atoms with Crippen LogP contribution in [-0.2, 0) is 6.54 Å². The van der Waals surface area contributed by atoms with Gasteiger partial charge in [0.05, 0.1) is 5.69 Å². The van der Waals surface area contributed by atoms with Crippen molar-refractivity contribution in [1.82, 2.24) is 20.3 Å². The first-order valence-corrected chi connectivity index (χ1v) is 9.51. The van der Waals surface area contributed by atoms with Crippen LogP contribution in [0.15, 0.2) is 33.8 Å². The van der Waals surface area contributed by atoms with Crippen LogP contribution in [0.5, 0.6) is 0 Å². The number of hydrogen-bond acceptors (Lipinski definition) is 4. The van der Waals surface area contributed by atoms with Gasteiger partial charge in [-0.15, -0.1) is 24.0 Å². The third-order valence-electron chi connectivity index (χ3n) is 5.03. The van der Waals surface area contributed by atoms with Gasteiger partial charge in [0.1, 0.15) is 5.76 Å². The Kier molecular flexibility index (Phi) is 8.81. The SMILES string of the molecule is CN=C(NCC(C)c1ccc(F)c(F)c1)N1CCN(Cc2cc(C)on2)CC1.I. The Labute approximate surface area is 187 Å². The molecule has 1 N–H and O–H groups in total. The Bertz CT molecular complexity index is 821. The topological polar surface area (TPSA) is 56.9 Å². The molecule has 1 saturated heterocycles. The molecule has 2 heterocycles. The summed E-state index contributed by atoms with van der Waals surface area (Å²) in [6.07, 6.45) is 0. The van der Waals surface area contributed by atoms with E-state index in [1.54, 1.807) is 13.1 Å². The average molecular weight is 519 g/mol. The number of nitrogens with zero attached hydrogens (tertiary/aromatic N) is 4. The lowest BCUT2D eigenvalue weighted by molar-refractivity contribution is 0.169. The average Bonchev–Trinajstić information content (AvgIpc) is 3.10. The van der Waals surface area contributed by atoms with E-state index in [9.17, 15) is 8.78 Å². The third-order valence-corrected chi connectivity index (χ3v) is 5.03. The lowest BCUT2D eigenvalue weighted by atomic mass is 10.0. The molecule has 1 unspecified atom stereocenters. The molecule has 0 saturated carbocycles. The number of rotatable bonds is 5. The molecule has 1 aromatic carbocycles. The Morgan fingerprint density at radius 1 is 1.21 bits per heavy atom. The summed E-state index contributed by atoms with van der Waals surface area (Å²) >= 11 is 0. The molecule has 0 spiro atoms. The molecule has 29 heavy (non-hydrogen) atoms. The molecule has 3 rings (SSSR count). The molecule has 2 aromatic rings. The van der Waals surface area contributed by atoms with E-state index in [4.69, 9.17) is 4.52 Å². The first-order chi connectivity index (χ1) is 13.5. The molecular formula is C20H28F2IN5O. The smallest absolute Gasteiger partial charge is 0.193 e. The summed E-state index contributed by atoms with van der Waals surface area (Å²) in [4.78, 5) is 8.92. The first kappa shape index (κ1) is 23.5. The molecule has 1 atom stereocenters. The van der Waals surface area contributed by atoms with Crippen LogP contribution >= 0.6 is 24.0 Å². The minimum atomic E-state index is -0.821. The van der Waals surface area contributed by atoms with Crippen LogP contribution in [0.4, 0.5) is 8.78 Å². The molecule has 0 amide bonds. The number of aromatic nitrogens is 1. The minimum Gasteiger partial charge on any atom is -0.361 e. The Hall–Kier alpha value is -1.75. The van der Waals surface area contributed by atoms with Gasteiger partial charge < -0.3 is 14.7 Å². The van der Waals surface area contributed by atoms with Gasteiger partial charge in [-0.2, -0.15) is 0 Å². The highest BCUT2D eigenvalue weighted by atomic mass is 127. The fraction of sp³-hybridized carbons (Fsp3) is 0.500. The van der Waals surface area contributed by atoms with Gasteiger partial charge in [0, 0.05) is 52.4 Å². The highest BCUT2D eigenvalue weighted by molar-refractivity contribution is 14.0. The number of benzene rings is 1. The van der Waals surface area contributed by atoms with E-state index in [2.05, 4.69) is 25.3 Å². The number of hydrogen-bond donors (Lipinski definition) is 1. The normalized spacial score (nSPS) is 16.4. The number of aryl methyl sites for hydroxylation is 1. The zero-order chi connectivity index (χ0) is 20.1. The standard InChI is InChI=1S/C20H27F2N5O.HI/c1-14(16-4-5-18(21)19(22)11-16)12-24-20(23-3)27-8-6-26(7-9-27)13-17-10-15(2)28-25-17;/h4-5,10-11,14H,6-9,12-13H2,1-3H3,(H,23,24);1H. The van der Waals surface area contributed by atoms with Crippen molar-refractivity contribution in [3.63, 3.8) is 0 Å². The summed E-state index contributed by atoms with van der Waals surface area (Å²) < 4.78 is 31.7. The third kappa shape index (κ3) is 6.36. The maximum absolute atomic E-state index is 13.4. The predicted octanol–water partition coefficient (Wildman–Crippen LogP) is 3.38. The van der Waals surface area contributed by atoms with Gasteiger partial charge in [-0.25, -0.2) is 8.78 Å². The fourth-order valence-corrected chi connectivity index (χ4v) is 3.35. The van der Waals surface area contributed by atoms with Crippen LogP contribution in [0.25, 0.3) is 0 Å². The Morgan fingerprint density at radius 2 is 1.93 bits per heavy atom. The van der Waals surface area contributed by atoms with Crippen molar-refractivity contribution in [2.24, 2.45) is 4.99 Å². The second kappa shape index (κ2) is 10.9. The zero-order valence-corrected chi connectivity index (χ0v) is 19.3. The second-order valence-corrected chi connectivity index (χ2v) is 7.19. The molecule has 6 nitrogen and oxygen atoms in total. The maximum Gasteiger partial charge on any atom is 0.193 e. The quantitative estimate of drug-likeness (QED) is 0.373. The van der Waals surface area contributed by atoms with Gasteiger partial charge in [-0.1, -0.05) is 18.1 Å². The van der Waals surface area contributed by atoms with E-state index < -0.39 is 11.6 Å². The van der Waals surface area contributed by atoms with Gasteiger partial charge in [-0.3, -0.25) is 9.89 Å². The summed E-state index contributed by atoms with van der Waals surface area (Å²) in [5, 5.41) is 7.41. The van der Waals surface area contributed by atoms with Crippen LogP contribution in [0.3, 0.4) is 0 Å². The van der Waals surface area contributed by atoms with Crippen molar-refractivity contribution in [2.75, 3.05) is 39.8 Å². The van der Waals surface area contributed by atoms with E-state index in [-0.39, 0.29) is 29.9 Å². The lowest BCUT2D eigenvalue weighted by Gasteiger charge is -2.36. The van der Waals surface area contributed by atoms with Crippen molar-refractivity contribution in [3.8, 4) is 0 Å². The molecule has 160 valence electrons. The second-order valence-electron chi connectivity index (χ2n) is 7.19. The number of aliphatic imine (C=N–C) groups is 1. The van der Waals surface area contributed by atoms with Gasteiger partial charge in [0.25, 0.3) is 0 Å². The highest BCUT2D eigenvalue weighted by Gasteiger charge is 2.21. The molecule has 0 aliphatic carbocycles. The summed E-state index contributed by atoms with van der Waals surface area (Å²) in [6.45, 7) is 8.78. The first-order valence-electron chi connectivity index (χ1n) is 9.51. The van der Waals surface area contributed by atoms with Crippen molar-refractivity contribution in [3.05, 3.63) is 52.9 Å². The van der Waals surface area contributed by atoms with E-state index in [0.717, 1.165) is 55.7 Å². The fourth-order valence-electron chi connectivity index (χ4n) is 3.35. The molecular weight excluding hydrogens is 491 g/mol. The molecule has 1 aliphatic heterocycles. The van der Waals surface area contributed by atoms with Gasteiger partial charge >= 0.3 is 0 Å². The molecule has 1 aliphatic rings. The van der Waals surface area contributed by atoms with Crippen LogP contribution in [-0.4, -0.2) is 60.7 Å². The van der Waals surface area contributed by atoms with E-state index in [0.29, 0.717) is 6.54 Å². The van der Waals surface area contributed by atoms with Crippen LogP contribution in [0, 0.1) is 18.6 Å². The molecule has 1 fully saturated rings. The van der Waals surface area contributed by atoms with Crippen molar-refractivity contribution >= 4 is 29.9 Å². The van der Waals surface area contributed by atoms with Crippen molar-refractivity contribution < 1.29 is 13.3 Å². The van der Waals surface area contributed by atoms with E-state index in [1.807, 2.05) is 19.9 Å². The van der Waals surface area contributed by atoms with E-state index >= 15 is 0 Å². The van der Waals surface area contributed by atoms with Gasteiger partial charge in [0.15, 0.2) is 17.6 Å². The monoisotopic (exact) mass is 519 g/mol. The zero-order valence-electron chi connectivity index (χ0n) is 17.0. The Balaban J connectivity index is 0.00000300. The van der Waals surface area contributed by atoms with E-state index in [1.165, 1.54) is 12.1 Å². The highest BCUT2D eigenvalue weighted by Crippen LogP contribution is 2.17. The number of halogens is 3. The minimum absolute atomic E-state index is 0. The van der Waals surface area contributed by atoms with Crippen molar-refractivity contribution in [1.29, 1.82) is 0 Å². The lowest BCUT2D eigenvalue weighted by Crippen LogP contribution is -2.52. The van der Waals surface area contributed by atoms with Crippen LogP contribution < -0.4 is 5.32 Å². The van der Waals surface area contributed by atoms with Gasteiger partial charge in [0.2, 0.25) is 0 Å². The number of guanidine groups is 1. The van der Waals surface area contributed by atoms with Crippen LogP contribution in [0.2, 0.25) is 0 Å². The molecule has 0 radical (unpaired) electrons. The van der Waals surface area contributed by atoms with Crippen molar-refractivity contribution in [2.45, 2.75) is 26.3 Å². The molecule has 0 bridgehead atoms. The molecule has 9 heteroatoms. The van der Waals surface area contributed by atoms with Gasteiger partial charge in [-0.05, 0) is 30.5 Å². The summed E-state index contributed by atoms with van der Waals surface area (Å²) in [5.41, 5.74) is 1.71. The summed E-state index contributed by atoms with van der Waals surface area (Å²) in [6, 6.07) is 6.02. The predicted molar refractivity (Wildman–Crippen MR) is 120 cm³/mol. The summed E-state index contributed by atoms with van der Waals surface area (Å²) in [7, 11) is 1.76. The van der Waals surface area contributed by atoms with Crippen LogP contribution in [0.1, 0.15) is 29.9 Å². The summed E-state index contributed by atoms with van der Waals surface area (Å²) in [5.74, 6) is 0.0498. The largest absolute Gasteiger partial charge is 0.361 e. The molecule has 1 aromatic heterocycles. The maximum atomic E-state index is 13.4. The Morgan fingerprint density at radius 3 is 2.52 bits per heavy atom. The number of piperazine rings is 1. The number of nitrogens with one attached hydrogen (secondary N) is 1.